The van der Waals surface area contributed by atoms with Gasteiger partial charge in [-0.15, -0.1) is 0 Å². The van der Waals surface area contributed by atoms with E-state index in [0.717, 1.165) is 44.9 Å². The van der Waals surface area contributed by atoms with Crippen LogP contribution in [0.3, 0.4) is 0 Å². The summed E-state index contributed by atoms with van der Waals surface area (Å²) < 4.78 is 0. The first-order valence-electron chi connectivity index (χ1n) is 10.8. The van der Waals surface area contributed by atoms with Crippen LogP contribution in [0.4, 0.5) is 0 Å². The minimum Gasteiger partial charge on any atom is -0.323 e. The van der Waals surface area contributed by atoms with Gasteiger partial charge >= 0.3 is 0 Å². The van der Waals surface area contributed by atoms with E-state index in [1.54, 1.807) is 0 Å². The van der Waals surface area contributed by atoms with Crippen LogP contribution in [0.1, 0.15) is 79.1 Å². The molecule has 27 heavy (non-hydrogen) atoms. The van der Waals surface area contributed by atoms with E-state index < -0.39 is 0 Å². The summed E-state index contributed by atoms with van der Waals surface area (Å²) in [5.74, 6) is 2.54. The largest absolute Gasteiger partial charge is 0.323 e. The number of rotatable bonds is 2. The fourth-order valence-electron chi connectivity index (χ4n) is 7.48. The molecular weight excluding hydrogens is 338 g/mol. The van der Waals surface area contributed by atoms with Crippen molar-refractivity contribution < 1.29 is 14.4 Å². The van der Waals surface area contributed by atoms with Crippen molar-refractivity contribution in [2.24, 2.45) is 34.5 Å². The van der Waals surface area contributed by atoms with E-state index in [-0.39, 0.29) is 22.5 Å². The summed E-state index contributed by atoms with van der Waals surface area (Å²) in [5, 5.41) is 2.87. The zero-order valence-corrected chi connectivity index (χ0v) is 17.2. The zero-order chi connectivity index (χ0) is 19.6. The SMILES string of the molecule is CCC1CC(=O)[C@@]2(C)CC[C@@H]3[C@@H](CCC4=C(NC(C)=O)C(=O)CC[C@@]43C)[C@H]12. The van der Waals surface area contributed by atoms with Crippen molar-refractivity contribution in [3.05, 3.63) is 11.3 Å². The van der Waals surface area contributed by atoms with Crippen molar-refractivity contribution in [1.29, 1.82) is 0 Å². The molecule has 6 atom stereocenters. The van der Waals surface area contributed by atoms with Crippen LogP contribution in [0.15, 0.2) is 11.3 Å². The minimum absolute atomic E-state index is 0.0140. The number of carbonyl (C=O) groups is 3. The van der Waals surface area contributed by atoms with Crippen molar-refractivity contribution >= 4 is 17.5 Å². The van der Waals surface area contributed by atoms with E-state index in [9.17, 15) is 14.4 Å². The van der Waals surface area contributed by atoms with E-state index in [0.29, 0.717) is 41.6 Å². The molecule has 1 unspecified atom stereocenters. The van der Waals surface area contributed by atoms with E-state index in [1.165, 1.54) is 12.5 Å². The Balaban J connectivity index is 1.74. The van der Waals surface area contributed by atoms with Gasteiger partial charge in [-0.3, -0.25) is 14.4 Å². The van der Waals surface area contributed by atoms with Gasteiger partial charge in [-0.2, -0.15) is 0 Å². The summed E-state index contributed by atoms with van der Waals surface area (Å²) in [6.07, 6.45) is 7.25. The highest BCUT2D eigenvalue weighted by Crippen LogP contribution is 2.66. The molecule has 0 aliphatic heterocycles. The van der Waals surface area contributed by atoms with Crippen molar-refractivity contribution in [3.8, 4) is 0 Å². The molecule has 0 saturated heterocycles. The highest BCUT2D eigenvalue weighted by molar-refractivity contribution is 6.00. The average molecular weight is 372 g/mol. The van der Waals surface area contributed by atoms with E-state index in [1.807, 2.05) is 0 Å². The Morgan fingerprint density at radius 1 is 1.11 bits per heavy atom. The highest BCUT2D eigenvalue weighted by atomic mass is 16.2. The zero-order valence-electron chi connectivity index (χ0n) is 17.2. The molecule has 3 saturated carbocycles. The predicted octanol–water partition coefficient (Wildman–Crippen LogP) is 4.19. The summed E-state index contributed by atoms with van der Waals surface area (Å²) in [7, 11) is 0. The van der Waals surface area contributed by atoms with Gasteiger partial charge in [-0.1, -0.05) is 27.2 Å². The van der Waals surface area contributed by atoms with Crippen LogP contribution in [-0.4, -0.2) is 17.5 Å². The fraction of sp³-hybridized carbons (Fsp3) is 0.783. The Morgan fingerprint density at radius 3 is 2.52 bits per heavy atom. The summed E-state index contributed by atoms with van der Waals surface area (Å²) >= 11 is 0. The molecular formula is C23H33NO3. The number of nitrogens with one attached hydrogen (secondary N) is 1. The second kappa shape index (κ2) is 6.28. The molecule has 0 aromatic carbocycles. The van der Waals surface area contributed by atoms with Gasteiger partial charge in [0, 0.05) is 25.2 Å². The summed E-state index contributed by atoms with van der Waals surface area (Å²) in [4.78, 5) is 37.1. The quantitative estimate of drug-likeness (QED) is 0.792. The number of fused-ring (bicyclic) bond motifs is 5. The third-order valence-electron chi connectivity index (χ3n) is 8.79. The van der Waals surface area contributed by atoms with Crippen LogP contribution in [-0.2, 0) is 14.4 Å². The minimum atomic E-state index is -0.152. The number of ketones is 2. The molecule has 4 aliphatic carbocycles. The Hall–Kier alpha value is -1.45. The molecule has 1 amide bonds. The normalized spacial score (nSPS) is 43.9. The fourth-order valence-corrected chi connectivity index (χ4v) is 7.48. The first-order valence-corrected chi connectivity index (χ1v) is 10.8. The Bertz CT molecular complexity index is 738. The molecule has 0 radical (unpaired) electrons. The van der Waals surface area contributed by atoms with Crippen LogP contribution in [0.25, 0.3) is 0 Å². The number of amides is 1. The molecule has 148 valence electrons. The standard InChI is InChI=1S/C23H33NO3/c1-5-14-12-19(27)23(4)10-8-16-15(20(14)23)6-7-17-21(24-13(2)25)18(26)9-11-22(16,17)3/h14-16,20H,5-12H2,1-4H3,(H,24,25)/t14?,15-,16-,20+,22-,23-/m1/s1. The topological polar surface area (TPSA) is 63.2 Å². The average Bonchev–Trinajstić information content (AvgIpc) is 2.88. The maximum atomic E-state index is 12.9. The third kappa shape index (κ3) is 2.58. The van der Waals surface area contributed by atoms with Crippen molar-refractivity contribution in [2.75, 3.05) is 0 Å². The number of carbonyl (C=O) groups excluding carboxylic acids is 3. The molecule has 4 aliphatic rings. The second-order valence-electron chi connectivity index (χ2n) is 9.96. The molecule has 4 nitrogen and oxygen atoms in total. The first kappa shape index (κ1) is 18.9. The molecule has 0 aromatic rings. The van der Waals surface area contributed by atoms with Gasteiger partial charge in [0.1, 0.15) is 5.78 Å². The Labute approximate surface area is 162 Å². The van der Waals surface area contributed by atoms with Crippen molar-refractivity contribution in [1.82, 2.24) is 5.32 Å². The van der Waals surface area contributed by atoms with Gasteiger partial charge in [0.15, 0.2) is 5.78 Å². The van der Waals surface area contributed by atoms with Gasteiger partial charge in [-0.05, 0) is 66.8 Å². The smallest absolute Gasteiger partial charge is 0.221 e. The molecule has 4 rings (SSSR count). The van der Waals surface area contributed by atoms with Crippen LogP contribution in [0, 0.1) is 34.5 Å². The molecule has 1 N–H and O–H groups in total. The highest BCUT2D eigenvalue weighted by Gasteiger charge is 2.62. The van der Waals surface area contributed by atoms with Crippen LogP contribution < -0.4 is 5.32 Å². The third-order valence-corrected chi connectivity index (χ3v) is 8.79. The summed E-state index contributed by atoms with van der Waals surface area (Å²) in [6.45, 7) is 8.28. The van der Waals surface area contributed by atoms with Crippen molar-refractivity contribution in [3.63, 3.8) is 0 Å². The van der Waals surface area contributed by atoms with E-state index in [4.69, 9.17) is 0 Å². The van der Waals surface area contributed by atoms with Crippen LogP contribution >= 0.6 is 0 Å². The molecule has 0 bridgehead atoms. The maximum Gasteiger partial charge on any atom is 0.221 e. The molecule has 3 fully saturated rings. The monoisotopic (exact) mass is 371 g/mol. The lowest BCUT2D eigenvalue weighted by Crippen LogP contribution is -2.53. The number of allylic oxidation sites excluding steroid dienone is 1. The number of hydrogen-bond acceptors (Lipinski definition) is 3. The first-order chi connectivity index (χ1) is 12.7. The summed E-state index contributed by atoms with van der Waals surface area (Å²) in [5.41, 5.74) is 1.64. The second-order valence-corrected chi connectivity index (χ2v) is 9.96. The molecule has 0 aromatic heterocycles. The number of hydrogen-bond donors (Lipinski definition) is 1. The Kier molecular flexibility index (Phi) is 4.40. The molecule has 4 heteroatoms. The maximum absolute atomic E-state index is 12.9. The van der Waals surface area contributed by atoms with Crippen molar-refractivity contribution in [2.45, 2.75) is 79.1 Å². The lowest BCUT2D eigenvalue weighted by molar-refractivity contribution is -0.133. The van der Waals surface area contributed by atoms with Gasteiger partial charge in [0.05, 0.1) is 5.70 Å². The van der Waals surface area contributed by atoms with Gasteiger partial charge in [0.2, 0.25) is 5.91 Å². The van der Waals surface area contributed by atoms with Crippen LogP contribution in [0.2, 0.25) is 0 Å². The van der Waals surface area contributed by atoms with Crippen LogP contribution in [0.5, 0.6) is 0 Å². The lowest BCUT2D eigenvalue weighted by Gasteiger charge is -2.58. The number of Topliss-reactive ketones (excluding diaryl/α,β-unsaturated/α-hetero) is 2. The van der Waals surface area contributed by atoms with E-state index >= 15 is 0 Å². The lowest BCUT2D eigenvalue weighted by atomic mass is 9.46. The van der Waals surface area contributed by atoms with Gasteiger partial charge in [-0.25, -0.2) is 0 Å². The molecule has 0 spiro atoms. The van der Waals surface area contributed by atoms with E-state index in [2.05, 4.69) is 26.1 Å². The molecule has 0 heterocycles. The van der Waals surface area contributed by atoms with Gasteiger partial charge in [0.25, 0.3) is 0 Å². The van der Waals surface area contributed by atoms with Gasteiger partial charge < -0.3 is 5.32 Å². The summed E-state index contributed by atoms with van der Waals surface area (Å²) in [6, 6.07) is 0. The Morgan fingerprint density at radius 2 is 1.85 bits per heavy atom. The predicted molar refractivity (Wildman–Crippen MR) is 104 cm³/mol.